The Hall–Kier alpha value is -2.91. The Balaban J connectivity index is 1.24. The largest absolute Gasteiger partial charge is 0.368 e. The fourth-order valence-corrected chi connectivity index (χ4v) is 6.00. The molecule has 0 unspecified atom stereocenters. The van der Waals surface area contributed by atoms with E-state index in [9.17, 15) is 9.59 Å². The number of fused-ring (bicyclic) bond motifs is 3. The van der Waals surface area contributed by atoms with Gasteiger partial charge in [-0.15, -0.1) is 21.5 Å². The SMILES string of the molecule is Cc1ccc(Cl)cc1N1CCN(C(=O)CCCc2nnc3n(CCC(C)C)c(=O)c4sccc4n23)CC1. The third-order valence-electron chi connectivity index (χ3n) is 7.14. The van der Waals surface area contributed by atoms with Gasteiger partial charge in [-0.25, -0.2) is 0 Å². The molecule has 0 aliphatic carbocycles. The second-order valence-electron chi connectivity index (χ2n) is 10.2. The minimum Gasteiger partial charge on any atom is -0.368 e. The number of carbonyl (C=O) groups is 1. The second-order valence-corrected chi connectivity index (χ2v) is 11.5. The monoisotopic (exact) mass is 540 g/mol. The Morgan fingerprint density at radius 1 is 1.14 bits per heavy atom. The number of halogens is 1. The number of hydrogen-bond acceptors (Lipinski definition) is 6. The lowest BCUT2D eigenvalue weighted by Crippen LogP contribution is -2.49. The van der Waals surface area contributed by atoms with E-state index in [2.05, 4.69) is 35.9 Å². The van der Waals surface area contributed by atoms with Crippen LogP contribution in [0.15, 0.2) is 34.4 Å². The highest BCUT2D eigenvalue weighted by atomic mass is 35.5. The van der Waals surface area contributed by atoms with Crippen molar-refractivity contribution in [2.24, 2.45) is 5.92 Å². The highest BCUT2D eigenvalue weighted by Crippen LogP contribution is 2.26. The lowest BCUT2D eigenvalue weighted by Gasteiger charge is -2.37. The molecule has 0 saturated carbocycles. The topological polar surface area (TPSA) is 75.7 Å². The zero-order valence-corrected chi connectivity index (χ0v) is 23.2. The summed E-state index contributed by atoms with van der Waals surface area (Å²) in [4.78, 5) is 30.3. The van der Waals surface area contributed by atoms with E-state index >= 15 is 0 Å². The first-order valence-corrected chi connectivity index (χ1v) is 14.2. The van der Waals surface area contributed by atoms with Crippen LogP contribution in [0.3, 0.4) is 0 Å². The number of aromatic nitrogens is 4. The van der Waals surface area contributed by atoms with E-state index in [4.69, 9.17) is 11.6 Å². The van der Waals surface area contributed by atoms with Crippen molar-refractivity contribution in [3.63, 3.8) is 0 Å². The van der Waals surface area contributed by atoms with Gasteiger partial charge in [0.15, 0.2) is 0 Å². The first kappa shape index (κ1) is 25.7. The van der Waals surface area contributed by atoms with Crippen molar-refractivity contribution >= 4 is 50.5 Å². The molecule has 1 saturated heterocycles. The van der Waals surface area contributed by atoms with Gasteiger partial charge in [-0.05, 0) is 54.8 Å². The molecule has 1 aliphatic heterocycles. The van der Waals surface area contributed by atoms with E-state index < -0.39 is 0 Å². The van der Waals surface area contributed by atoms with Crippen LogP contribution in [0.1, 0.15) is 44.5 Å². The molecule has 5 rings (SSSR count). The Morgan fingerprint density at radius 3 is 2.68 bits per heavy atom. The summed E-state index contributed by atoms with van der Waals surface area (Å²) in [6.45, 7) is 10.0. The number of thiophene rings is 1. The van der Waals surface area contributed by atoms with Gasteiger partial charge in [0, 0.05) is 56.3 Å². The lowest BCUT2D eigenvalue weighted by atomic mass is 10.1. The lowest BCUT2D eigenvalue weighted by molar-refractivity contribution is -0.131. The van der Waals surface area contributed by atoms with Gasteiger partial charge < -0.3 is 9.80 Å². The van der Waals surface area contributed by atoms with Gasteiger partial charge >= 0.3 is 0 Å². The number of amides is 1. The van der Waals surface area contributed by atoms with Crippen molar-refractivity contribution in [2.45, 2.75) is 53.0 Å². The highest BCUT2D eigenvalue weighted by molar-refractivity contribution is 7.17. The molecule has 0 atom stereocenters. The molecule has 196 valence electrons. The Morgan fingerprint density at radius 2 is 1.92 bits per heavy atom. The zero-order chi connectivity index (χ0) is 26.1. The second kappa shape index (κ2) is 10.8. The van der Waals surface area contributed by atoms with Crippen molar-refractivity contribution in [1.82, 2.24) is 24.1 Å². The van der Waals surface area contributed by atoms with E-state index in [0.717, 1.165) is 46.3 Å². The molecule has 0 bridgehead atoms. The van der Waals surface area contributed by atoms with E-state index in [1.54, 1.807) is 4.57 Å². The summed E-state index contributed by atoms with van der Waals surface area (Å²) in [5, 5.41) is 11.5. The molecule has 1 amide bonds. The third kappa shape index (κ3) is 5.25. The van der Waals surface area contributed by atoms with Gasteiger partial charge in [0.1, 0.15) is 10.5 Å². The van der Waals surface area contributed by atoms with Crippen LogP contribution in [-0.2, 0) is 17.8 Å². The first-order valence-electron chi connectivity index (χ1n) is 13.0. The molecule has 37 heavy (non-hydrogen) atoms. The average Bonchev–Trinajstić information content (AvgIpc) is 3.53. The van der Waals surface area contributed by atoms with Gasteiger partial charge in [0.05, 0.1) is 5.52 Å². The number of carbonyl (C=O) groups excluding carboxylic acids is 1. The maximum absolute atomic E-state index is 13.1. The Labute approximate surface area is 225 Å². The molecule has 8 nitrogen and oxygen atoms in total. The number of aryl methyl sites for hydroxylation is 3. The van der Waals surface area contributed by atoms with Crippen molar-refractivity contribution in [3.8, 4) is 0 Å². The maximum atomic E-state index is 13.1. The highest BCUT2D eigenvalue weighted by Gasteiger charge is 2.23. The summed E-state index contributed by atoms with van der Waals surface area (Å²) >= 11 is 7.66. The molecule has 10 heteroatoms. The minimum absolute atomic E-state index is 0.000567. The average molecular weight is 541 g/mol. The molecule has 1 fully saturated rings. The number of anilines is 1. The molecule has 1 aliphatic rings. The smallest absolute Gasteiger partial charge is 0.272 e. The molecule has 0 radical (unpaired) electrons. The van der Waals surface area contributed by atoms with Crippen molar-refractivity contribution < 1.29 is 4.79 Å². The molecular formula is C27H33ClN6O2S. The van der Waals surface area contributed by atoms with Crippen LogP contribution in [0, 0.1) is 12.8 Å². The van der Waals surface area contributed by atoms with Crippen LogP contribution in [0.2, 0.25) is 5.02 Å². The molecule has 0 spiro atoms. The van der Waals surface area contributed by atoms with E-state index in [0.29, 0.717) is 50.6 Å². The number of rotatable bonds is 8. The molecule has 4 heterocycles. The molecule has 3 aromatic heterocycles. The van der Waals surface area contributed by atoms with Gasteiger partial charge in [0.25, 0.3) is 5.56 Å². The minimum atomic E-state index is -0.000567. The van der Waals surface area contributed by atoms with Gasteiger partial charge in [-0.3, -0.25) is 18.6 Å². The molecule has 4 aromatic rings. The van der Waals surface area contributed by atoms with E-state index in [1.165, 1.54) is 16.9 Å². The standard InChI is InChI=1S/C27H33ClN6O2S/c1-18(2)9-11-33-26(36)25-21(10-16-37-25)34-23(29-30-27(33)34)5-4-6-24(35)32-14-12-31(13-15-32)22-17-20(28)8-7-19(22)3/h7-8,10,16-18H,4-6,9,11-15H2,1-3H3. The molecule has 0 N–H and O–H groups in total. The van der Waals surface area contributed by atoms with Crippen LogP contribution in [-0.4, -0.2) is 56.2 Å². The quantitative estimate of drug-likeness (QED) is 0.321. The van der Waals surface area contributed by atoms with Crippen LogP contribution in [0.4, 0.5) is 5.69 Å². The van der Waals surface area contributed by atoms with Crippen LogP contribution in [0.25, 0.3) is 16.0 Å². The normalized spacial score (nSPS) is 14.4. The van der Waals surface area contributed by atoms with Gasteiger partial charge in [-0.2, -0.15) is 0 Å². The predicted octanol–water partition coefficient (Wildman–Crippen LogP) is 4.79. The summed E-state index contributed by atoms with van der Waals surface area (Å²) in [5.41, 5.74) is 3.19. The first-order chi connectivity index (χ1) is 17.8. The Kier molecular flexibility index (Phi) is 7.53. The summed E-state index contributed by atoms with van der Waals surface area (Å²) in [6, 6.07) is 7.91. The molecular weight excluding hydrogens is 508 g/mol. The number of benzene rings is 1. The fourth-order valence-electron chi connectivity index (χ4n) is 5.01. The number of piperazine rings is 1. The van der Waals surface area contributed by atoms with Gasteiger partial charge in [-0.1, -0.05) is 31.5 Å². The van der Waals surface area contributed by atoms with Crippen molar-refractivity contribution in [3.05, 3.63) is 56.4 Å². The third-order valence-corrected chi connectivity index (χ3v) is 8.27. The van der Waals surface area contributed by atoms with E-state index in [1.807, 2.05) is 38.9 Å². The summed E-state index contributed by atoms with van der Waals surface area (Å²) in [5.74, 6) is 2.04. The Bertz CT molecular complexity index is 1480. The summed E-state index contributed by atoms with van der Waals surface area (Å²) in [7, 11) is 0. The van der Waals surface area contributed by atoms with Crippen molar-refractivity contribution in [1.29, 1.82) is 0 Å². The van der Waals surface area contributed by atoms with Gasteiger partial charge in [0.2, 0.25) is 11.7 Å². The maximum Gasteiger partial charge on any atom is 0.272 e. The summed E-state index contributed by atoms with van der Waals surface area (Å²) in [6.07, 6.45) is 2.67. The van der Waals surface area contributed by atoms with Crippen molar-refractivity contribution in [2.75, 3.05) is 31.1 Å². The zero-order valence-electron chi connectivity index (χ0n) is 21.6. The predicted molar refractivity (Wildman–Crippen MR) is 150 cm³/mol. The summed E-state index contributed by atoms with van der Waals surface area (Å²) < 4.78 is 4.48. The fraction of sp³-hybridized carbons (Fsp3) is 0.481. The number of nitrogens with zero attached hydrogens (tertiary/aromatic N) is 6. The molecule has 1 aromatic carbocycles. The van der Waals surface area contributed by atoms with Crippen LogP contribution in [0.5, 0.6) is 0 Å². The van der Waals surface area contributed by atoms with E-state index in [-0.39, 0.29) is 11.5 Å². The number of hydrogen-bond donors (Lipinski definition) is 0. The van der Waals surface area contributed by atoms with Crippen LogP contribution < -0.4 is 10.5 Å². The van der Waals surface area contributed by atoms with Crippen LogP contribution >= 0.6 is 22.9 Å².